The average molecular weight is 399 g/mol. The van der Waals surface area contributed by atoms with Crippen molar-refractivity contribution in [3.63, 3.8) is 0 Å². The first-order valence-corrected chi connectivity index (χ1v) is 7.81. The van der Waals surface area contributed by atoms with Crippen molar-refractivity contribution in [3.05, 3.63) is 45.1 Å². The van der Waals surface area contributed by atoms with Crippen molar-refractivity contribution in [2.24, 2.45) is 0 Å². The van der Waals surface area contributed by atoms with Gasteiger partial charge < -0.3 is 15.4 Å². The Kier molecular flexibility index (Phi) is 3.85. The number of rotatable bonds is 2. The van der Waals surface area contributed by atoms with Crippen LogP contribution in [0.4, 0.5) is 11.4 Å². The zero-order valence-electron chi connectivity index (χ0n) is 10.6. The molecule has 0 saturated carbocycles. The Balaban J connectivity index is 1.96. The zero-order valence-corrected chi connectivity index (χ0v) is 13.8. The number of para-hydroxylation sites is 1. The number of pyridine rings is 1. The Morgan fingerprint density at radius 2 is 2.10 bits per heavy atom. The molecule has 1 aliphatic heterocycles. The van der Waals surface area contributed by atoms with Crippen LogP contribution >= 0.6 is 31.9 Å². The number of ether oxygens (including phenoxy) is 1. The van der Waals surface area contributed by atoms with Gasteiger partial charge in [0.05, 0.1) is 12.2 Å². The second-order valence-electron chi connectivity index (χ2n) is 4.55. The van der Waals surface area contributed by atoms with E-state index in [0.717, 1.165) is 40.4 Å². The molecular weight excluding hydrogens is 386 g/mol. The highest BCUT2D eigenvalue weighted by Gasteiger charge is 2.22. The van der Waals surface area contributed by atoms with Gasteiger partial charge in [0.2, 0.25) is 0 Å². The van der Waals surface area contributed by atoms with Gasteiger partial charge in [0.15, 0.2) is 10.4 Å². The molecule has 0 aliphatic carbocycles. The van der Waals surface area contributed by atoms with E-state index in [-0.39, 0.29) is 0 Å². The summed E-state index contributed by atoms with van der Waals surface area (Å²) in [6, 6.07) is 9.90. The van der Waals surface area contributed by atoms with E-state index in [1.807, 2.05) is 24.3 Å². The van der Waals surface area contributed by atoms with E-state index in [0.29, 0.717) is 11.2 Å². The van der Waals surface area contributed by atoms with Crippen LogP contribution in [0.2, 0.25) is 0 Å². The predicted octanol–water partition coefficient (Wildman–Crippen LogP) is 3.59. The maximum absolute atomic E-state index is 6.03. The summed E-state index contributed by atoms with van der Waals surface area (Å²) in [6.45, 7) is 2.22. The molecule has 3 rings (SSSR count). The van der Waals surface area contributed by atoms with E-state index in [9.17, 15) is 0 Å². The molecule has 20 heavy (non-hydrogen) atoms. The maximum atomic E-state index is 6.03. The van der Waals surface area contributed by atoms with E-state index in [1.165, 1.54) is 0 Å². The molecule has 0 bridgehead atoms. The molecule has 0 radical (unpaired) electrons. The fraction of sp³-hybridized carbons (Fsp3) is 0.214. The number of nitrogens with two attached hydrogens (primary N) is 1. The molecule has 104 valence electrons. The van der Waals surface area contributed by atoms with Gasteiger partial charge in [-0.2, -0.15) is 0 Å². The Morgan fingerprint density at radius 3 is 2.90 bits per heavy atom. The van der Waals surface area contributed by atoms with Gasteiger partial charge in [0.1, 0.15) is 11.2 Å². The van der Waals surface area contributed by atoms with Crippen LogP contribution in [0, 0.1) is 0 Å². The van der Waals surface area contributed by atoms with Crippen LogP contribution in [-0.4, -0.2) is 18.1 Å². The summed E-state index contributed by atoms with van der Waals surface area (Å²) in [6.07, 6.45) is 0. The number of hydrogen-bond donors (Lipinski definition) is 1. The van der Waals surface area contributed by atoms with Gasteiger partial charge in [0.25, 0.3) is 0 Å². The first kappa shape index (κ1) is 13.7. The lowest BCUT2D eigenvalue weighted by Crippen LogP contribution is -2.32. The minimum absolute atomic E-state index is 0.641. The van der Waals surface area contributed by atoms with E-state index in [4.69, 9.17) is 10.5 Å². The minimum Gasteiger partial charge on any atom is -0.487 e. The van der Waals surface area contributed by atoms with Gasteiger partial charge in [-0.3, -0.25) is 0 Å². The third-order valence-electron chi connectivity index (χ3n) is 3.25. The molecule has 6 heteroatoms. The Bertz CT molecular complexity index is 648. The van der Waals surface area contributed by atoms with Crippen LogP contribution in [0.15, 0.2) is 39.5 Å². The second kappa shape index (κ2) is 5.61. The smallest absolute Gasteiger partial charge is 0.175 e. The van der Waals surface area contributed by atoms with Crippen LogP contribution in [0.25, 0.3) is 0 Å². The van der Waals surface area contributed by atoms with Crippen molar-refractivity contribution in [1.82, 2.24) is 4.98 Å². The molecule has 2 aromatic rings. The summed E-state index contributed by atoms with van der Waals surface area (Å²) in [5.74, 6) is 0.786. The molecule has 0 unspecified atom stereocenters. The van der Waals surface area contributed by atoms with Gasteiger partial charge in [-0.15, -0.1) is 0 Å². The van der Waals surface area contributed by atoms with Crippen molar-refractivity contribution in [1.29, 1.82) is 0 Å². The first-order chi connectivity index (χ1) is 9.65. The highest BCUT2D eigenvalue weighted by atomic mass is 79.9. The topological polar surface area (TPSA) is 51.4 Å². The third kappa shape index (κ3) is 2.62. The number of hydrogen-bond acceptors (Lipinski definition) is 4. The highest BCUT2D eigenvalue weighted by Crippen LogP contribution is 2.39. The van der Waals surface area contributed by atoms with E-state index >= 15 is 0 Å². The van der Waals surface area contributed by atoms with Gasteiger partial charge in [0, 0.05) is 12.2 Å². The van der Waals surface area contributed by atoms with Gasteiger partial charge in [-0.25, -0.2) is 4.98 Å². The van der Waals surface area contributed by atoms with Crippen LogP contribution in [0.5, 0.6) is 5.75 Å². The van der Waals surface area contributed by atoms with Crippen molar-refractivity contribution in [2.45, 2.75) is 6.54 Å². The number of nitrogens with zero attached hydrogens (tertiary/aromatic N) is 2. The van der Waals surface area contributed by atoms with Crippen LogP contribution in [0.3, 0.4) is 0 Å². The number of aromatic nitrogens is 1. The molecule has 0 atom stereocenters. The molecule has 4 nitrogen and oxygen atoms in total. The first-order valence-electron chi connectivity index (χ1n) is 6.22. The Hall–Kier alpha value is -1.27. The zero-order chi connectivity index (χ0) is 14.1. The van der Waals surface area contributed by atoms with Gasteiger partial charge in [-0.1, -0.05) is 18.2 Å². The van der Waals surface area contributed by atoms with Crippen LogP contribution < -0.4 is 15.4 Å². The summed E-state index contributed by atoms with van der Waals surface area (Å²) >= 11 is 6.86. The van der Waals surface area contributed by atoms with Crippen molar-refractivity contribution in [2.75, 3.05) is 23.8 Å². The molecule has 1 aliphatic rings. The van der Waals surface area contributed by atoms with Crippen molar-refractivity contribution >= 4 is 43.2 Å². The molecule has 2 heterocycles. The minimum atomic E-state index is 0.641. The molecular formula is C14H13Br2N3O. The maximum Gasteiger partial charge on any atom is 0.175 e. The fourth-order valence-electron chi connectivity index (χ4n) is 2.26. The predicted molar refractivity (Wildman–Crippen MR) is 87.0 cm³/mol. The lowest BCUT2D eigenvalue weighted by atomic mass is 10.1. The Morgan fingerprint density at radius 1 is 1.30 bits per heavy atom. The third-order valence-corrected chi connectivity index (χ3v) is 4.19. The molecule has 0 spiro atoms. The molecule has 2 N–H and O–H groups in total. The number of nitrogen functional groups attached to an aromatic ring is 1. The normalized spacial score (nSPS) is 13.8. The van der Waals surface area contributed by atoms with Gasteiger partial charge >= 0.3 is 0 Å². The summed E-state index contributed by atoms with van der Waals surface area (Å²) in [5, 5.41) is 0. The molecule has 0 fully saturated rings. The van der Waals surface area contributed by atoms with Crippen molar-refractivity contribution < 1.29 is 4.74 Å². The molecule has 1 aromatic heterocycles. The molecule has 1 aromatic carbocycles. The quantitative estimate of drug-likeness (QED) is 0.620. The second-order valence-corrected chi connectivity index (χ2v) is 6.12. The lowest BCUT2D eigenvalue weighted by molar-refractivity contribution is 0.303. The average Bonchev–Trinajstić information content (AvgIpc) is 2.42. The standard InChI is InChI=1S/C14H13Br2N3O/c15-12-7-11-13(14(16)18-12)20-6-5-19(11)8-9-3-1-2-4-10(9)17/h1-4,7H,5-6,8,17H2. The summed E-state index contributed by atoms with van der Waals surface area (Å²) < 4.78 is 7.20. The molecule has 0 amide bonds. The SMILES string of the molecule is Nc1ccccc1CN1CCOc2c1cc(Br)nc2Br. The van der Waals surface area contributed by atoms with E-state index in [1.54, 1.807) is 0 Å². The molecule has 0 saturated heterocycles. The monoisotopic (exact) mass is 397 g/mol. The van der Waals surface area contributed by atoms with Crippen LogP contribution in [-0.2, 0) is 6.54 Å². The van der Waals surface area contributed by atoms with Crippen LogP contribution in [0.1, 0.15) is 5.56 Å². The number of anilines is 2. The van der Waals surface area contributed by atoms with Crippen molar-refractivity contribution in [3.8, 4) is 5.75 Å². The number of benzene rings is 1. The van der Waals surface area contributed by atoms with Gasteiger partial charge in [-0.05, 0) is 49.6 Å². The summed E-state index contributed by atoms with van der Waals surface area (Å²) in [4.78, 5) is 6.55. The van der Waals surface area contributed by atoms with E-state index in [2.05, 4.69) is 47.8 Å². The fourth-order valence-corrected chi connectivity index (χ4v) is 3.40. The number of fused-ring (bicyclic) bond motifs is 1. The van der Waals surface area contributed by atoms with E-state index < -0.39 is 0 Å². The lowest BCUT2D eigenvalue weighted by Gasteiger charge is -2.32. The Labute approximate surface area is 134 Å². The largest absolute Gasteiger partial charge is 0.487 e. The summed E-state index contributed by atoms with van der Waals surface area (Å²) in [7, 11) is 0. The highest BCUT2D eigenvalue weighted by molar-refractivity contribution is 9.11. The number of halogens is 2. The summed E-state index contributed by atoms with van der Waals surface area (Å²) in [5.41, 5.74) is 8.98.